The van der Waals surface area contributed by atoms with Crippen LogP contribution in [-0.2, 0) is 13.0 Å². The van der Waals surface area contributed by atoms with Gasteiger partial charge in [0.05, 0.1) is 5.69 Å². The van der Waals surface area contributed by atoms with Crippen LogP contribution in [0.5, 0.6) is 0 Å². The molecular formula is C16H19FN2. The second-order valence-electron chi connectivity index (χ2n) is 4.52. The average molecular weight is 258 g/mol. The van der Waals surface area contributed by atoms with E-state index in [0.29, 0.717) is 13.1 Å². The van der Waals surface area contributed by atoms with E-state index in [0.717, 1.165) is 18.7 Å². The largest absolute Gasteiger partial charge is 0.295 e. The fraction of sp³-hybridized carbons (Fsp3) is 0.312. The van der Waals surface area contributed by atoms with Gasteiger partial charge >= 0.3 is 0 Å². The molecule has 0 aliphatic rings. The summed E-state index contributed by atoms with van der Waals surface area (Å²) in [5, 5.41) is 0. The van der Waals surface area contributed by atoms with E-state index in [9.17, 15) is 4.39 Å². The summed E-state index contributed by atoms with van der Waals surface area (Å²) in [4.78, 5) is 6.40. The molecule has 100 valence electrons. The molecule has 0 unspecified atom stereocenters. The van der Waals surface area contributed by atoms with E-state index in [1.165, 1.54) is 5.56 Å². The van der Waals surface area contributed by atoms with E-state index >= 15 is 0 Å². The van der Waals surface area contributed by atoms with Crippen molar-refractivity contribution >= 4 is 0 Å². The molecule has 0 saturated heterocycles. The van der Waals surface area contributed by atoms with Crippen LogP contribution in [0.4, 0.5) is 4.39 Å². The fourth-order valence-electron chi connectivity index (χ4n) is 2.04. The summed E-state index contributed by atoms with van der Waals surface area (Å²) in [5.41, 5.74) is 2.27. The summed E-state index contributed by atoms with van der Waals surface area (Å²) in [6, 6.07) is 16.1. The van der Waals surface area contributed by atoms with Crippen LogP contribution in [0.15, 0.2) is 54.7 Å². The molecule has 0 atom stereocenters. The Kier molecular flexibility index (Phi) is 5.50. The van der Waals surface area contributed by atoms with Gasteiger partial charge in [0.2, 0.25) is 0 Å². The SMILES string of the molecule is FCCN(CCc1ccccc1)Cc1ccccn1. The summed E-state index contributed by atoms with van der Waals surface area (Å²) in [7, 11) is 0. The molecule has 3 heteroatoms. The lowest BCUT2D eigenvalue weighted by Crippen LogP contribution is -2.28. The minimum Gasteiger partial charge on any atom is -0.295 e. The summed E-state index contributed by atoms with van der Waals surface area (Å²) in [6.07, 6.45) is 2.72. The van der Waals surface area contributed by atoms with Crippen LogP contribution in [-0.4, -0.2) is 29.6 Å². The molecule has 0 aliphatic heterocycles. The van der Waals surface area contributed by atoms with Crippen molar-refractivity contribution in [2.75, 3.05) is 19.8 Å². The molecule has 0 fully saturated rings. The lowest BCUT2D eigenvalue weighted by molar-refractivity contribution is 0.240. The number of aromatic nitrogens is 1. The van der Waals surface area contributed by atoms with Gasteiger partial charge in [0.25, 0.3) is 0 Å². The number of nitrogens with zero attached hydrogens (tertiary/aromatic N) is 2. The molecule has 2 nitrogen and oxygen atoms in total. The Hall–Kier alpha value is -1.74. The highest BCUT2D eigenvalue weighted by Crippen LogP contribution is 2.05. The molecule has 2 rings (SSSR count). The van der Waals surface area contributed by atoms with Gasteiger partial charge in [-0.15, -0.1) is 0 Å². The fourth-order valence-corrected chi connectivity index (χ4v) is 2.04. The van der Waals surface area contributed by atoms with E-state index in [-0.39, 0.29) is 6.67 Å². The summed E-state index contributed by atoms with van der Waals surface area (Å²) >= 11 is 0. The van der Waals surface area contributed by atoms with Gasteiger partial charge in [-0.3, -0.25) is 9.88 Å². The zero-order valence-corrected chi connectivity index (χ0v) is 11.0. The van der Waals surface area contributed by atoms with Crippen molar-refractivity contribution in [2.24, 2.45) is 0 Å². The highest BCUT2D eigenvalue weighted by Gasteiger charge is 2.06. The summed E-state index contributed by atoms with van der Waals surface area (Å²) in [6.45, 7) is 1.70. The van der Waals surface area contributed by atoms with Crippen LogP contribution in [0.25, 0.3) is 0 Å². The Morgan fingerprint density at radius 1 is 0.947 bits per heavy atom. The van der Waals surface area contributed by atoms with Crippen molar-refractivity contribution in [1.82, 2.24) is 9.88 Å². The Morgan fingerprint density at radius 3 is 2.42 bits per heavy atom. The maximum atomic E-state index is 12.6. The zero-order valence-electron chi connectivity index (χ0n) is 11.0. The molecular weight excluding hydrogens is 239 g/mol. The molecule has 1 aromatic heterocycles. The topological polar surface area (TPSA) is 16.1 Å². The van der Waals surface area contributed by atoms with Gasteiger partial charge < -0.3 is 0 Å². The number of rotatable bonds is 7. The number of hydrogen-bond acceptors (Lipinski definition) is 2. The van der Waals surface area contributed by atoms with Crippen LogP contribution in [0.2, 0.25) is 0 Å². The van der Waals surface area contributed by atoms with Crippen LogP contribution in [0, 0.1) is 0 Å². The molecule has 1 heterocycles. The molecule has 0 spiro atoms. The van der Waals surface area contributed by atoms with Crippen molar-refractivity contribution in [3.63, 3.8) is 0 Å². The van der Waals surface area contributed by atoms with Gasteiger partial charge in [-0.1, -0.05) is 36.4 Å². The van der Waals surface area contributed by atoms with E-state index in [2.05, 4.69) is 22.0 Å². The predicted molar refractivity (Wildman–Crippen MR) is 75.6 cm³/mol. The van der Waals surface area contributed by atoms with E-state index in [1.807, 2.05) is 36.4 Å². The third kappa shape index (κ3) is 4.79. The lowest BCUT2D eigenvalue weighted by Gasteiger charge is -2.20. The van der Waals surface area contributed by atoms with E-state index in [1.54, 1.807) is 6.20 Å². The number of benzene rings is 1. The number of halogens is 1. The summed E-state index contributed by atoms with van der Waals surface area (Å²) in [5.74, 6) is 0. The van der Waals surface area contributed by atoms with Gasteiger partial charge in [-0.2, -0.15) is 0 Å². The van der Waals surface area contributed by atoms with Crippen molar-refractivity contribution in [3.8, 4) is 0 Å². The maximum Gasteiger partial charge on any atom is 0.102 e. The van der Waals surface area contributed by atoms with Gasteiger partial charge in [-0.05, 0) is 24.1 Å². The van der Waals surface area contributed by atoms with E-state index < -0.39 is 0 Å². The Labute approximate surface area is 113 Å². The first kappa shape index (κ1) is 13.7. The zero-order chi connectivity index (χ0) is 13.3. The first-order valence-corrected chi connectivity index (χ1v) is 6.60. The minimum absolute atomic E-state index is 0.318. The normalized spacial score (nSPS) is 10.8. The van der Waals surface area contributed by atoms with Crippen molar-refractivity contribution in [3.05, 3.63) is 66.0 Å². The van der Waals surface area contributed by atoms with Crippen LogP contribution < -0.4 is 0 Å². The first-order chi connectivity index (χ1) is 9.38. The molecule has 1 aromatic carbocycles. The van der Waals surface area contributed by atoms with Crippen LogP contribution in [0.1, 0.15) is 11.3 Å². The van der Waals surface area contributed by atoms with Crippen molar-refractivity contribution in [1.29, 1.82) is 0 Å². The Balaban J connectivity index is 1.89. The smallest absolute Gasteiger partial charge is 0.102 e. The third-order valence-corrected chi connectivity index (χ3v) is 3.07. The van der Waals surface area contributed by atoms with E-state index in [4.69, 9.17) is 0 Å². The molecule has 0 bridgehead atoms. The Bertz CT molecular complexity index is 459. The minimum atomic E-state index is -0.318. The van der Waals surface area contributed by atoms with Gasteiger partial charge in [0.1, 0.15) is 6.67 Å². The second-order valence-corrected chi connectivity index (χ2v) is 4.52. The molecule has 0 aliphatic carbocycles. The van der Waals surface area contributed by atoms with Crippen LogP contribution in [0.3, 0.4) is 0 Å². The van der Waals surface area contributed by atoms with Gasteiger partial charge in [0, 0.05) is 25.8 Å². The highest BCUT2D eigenvalue weighted by molar-refractivity contribution is 5.15. The molecule has 0 radical (unpaired) electrons. The monoisotopic (exact) mass is 258 g/mol. The Morgan fingerprint density at radius 2 is 1.74 bits per heavy atom. The summed E-state index contributed by atoms with van der Waals surface area (Å²) < 4.78 is 12.6. The van der Waals surface area contributed by atoms with Crippen LogP contribution >= 0.6 is 0 Å². The molecule has 19 heavy (non-hydrogen) atoms. The quantitative estimate of drug-likeness (QED) is 0.758. The molecule has 0 saturated carbocycles. The van der Waals surface area contributed by atoms with Gasteiger partial charge in [0.15, 0.2) is 0 Å². The first-order valence-electron chi connectivity index (χ1n) is 6.60. The number of hydrogen-bond donors (Lipinski definition) is 0. The standard InChI is InChI=1S/C16H19FN2/c17-10-13-19(14-16-8-4-5-11-18-16)12-9-15-6-2-1-3-7-15/h1-8,11H,9-10,12-14H2. The van der Waals surface area contributed by atoms with Crippen molar-refractivity contribution < 1.29 is 4.39 Å². The predicted octanol–water partition coefficient (Wildman–Crippen LogP) is 3.10. The molecule has 0 amide bonds. The molecule has 2 aromatic rings. The highest BCUT2D eigenvalue weighted by atomic mass is 19.1. The number of pyridine rings is 1. The van der Waals surface area contributed by atoms with Crippen molar-refractivity contribution in [2.45, 2.75) is 13.0 Å². The van der Waals surface area contributed by atoms with Gasteiger partial charge in [-0.25, -0.2) is 4.39 Å². The maximum absolute atomic E-state index is 12.6. The average Bonchev–Trinajstić information content (AvgIpc) is 2.47. The molecule has 0 N–H and O–H groups in total. The lowest BCUT2D eigenvalue weighted by atomic mass is 10.1. The third-order valence-electron chi connectivity index (χ3n) is 3.07. The number of alkyl halides is 1. The second kappa shape index (κ2) is 7.64.